The molecule has 0 spiro atoms. The van der Waals surface area contributed by atoms with Crippen LogP contribution in [0.4, 0.5) is 0 Å². The summed E-state index contributed by atoms with van der Waals surface area (Å²) in [4.78, 5) is 0.232. The minimum atomic E-state index is -3.77. The van der Waals surface area contributed by atoms with Gasteiger partial charge >= 0.3 is 0 Å². The lowest BCUT2D eigenvalue weighted by Crippen LogP contribution is -2.36. The van der Waals surface area contributed by atoms with E-state index in [1.54, 1.807) is 17.7 Å². The molecule has 0 saturated heterocycles. The van der Waals surface area contributed by atoms with Crippen LogP contribution in [0.3, 0.4) is 0 Å². The zero-order valence-electron chi connectivity index (χ0n) is 24.5. The number of allylic oxidation sites excluding steroid dienone is 4. The van der Waals surface area contributed by atoms with E-state index in [-0.39, 0.29) is 11.0 Å². The average Bonchev–Trinajstić information content (AvgIpc) is 3.22. The maximum absolute atomic E-state index is 12.9. The predicted molar refractivity (Wildman–Crippen MR) is 158 cm³/mol. The lowest BCUT2D eigenvalue weighted by Gasteiger charge is -2.44. The zero-order chi connectivity index (χ0) is 27.5. The van der Waals surface area contributed by atoms with Crippen molar-refractivity contribution in [1.29, 1.82) is 0 Å². The fraction of sp³-hybridized carbons (Fsp3) is 0.647. The van der Waals surface area contributed by atoms with Crippen molar-refractivity contribution in [3.8, 4) is 0 Å². The quantitative estimate of drug-likeness (QED) is 0.294. The summed E-state index contributed by atoms with van der Waals surface area (Å²) < 4.78 is 31.5. The van der Waals surface area contributed by atoms with E-state index < -0.39 is 10.1 Å². The largest absolute Gasteiger partial charge is 0.297 e. The molecule has 1 aromatic rings. The second kappa shape index (κ2) is 12.3. The van der Waals surface area contributed by atoms with E-state index in [1.807, 2.05) is 19.1 Å². The normalized spacial score (nSPS) is 31.2. The van der Waals surface area contributed by atoms with Crippen molar-refractivity contribution in [3.05, 3.63) is 65.3 Å². The molecule has 0 radical (unpaired) electrons. The summed E-state index contributed by atoms with van der Waals surface area (Å²) in [5.41, 5.74) is 5.32. The van der Waals surface area contributed by atoms with Crippen molar-refractivity contribution in [2.24, 2.45) is 29.1 Å². The first kappa shape index (κ1) is 29.3. The summed E-state index contributed by atoms with van der Waals surface area (Å²) >= 11 is 0. The Morgan fingerprint density at radius 3 is 2.50 bits per heavy atom. The van der Waals surface area contributed by atoms with Crippen molar-refractivity contribution in [2.45, 2.75) is 116 Å². The molecule has 0 aromatic heterocycles. The highest BCUT2D eigenvalue weighted by Crippen LogP contribution is 2.60. The molecule has 0 N–H and O–H groups in total. The van der Waals surface area contributed by atoms with Gasteiger partial charge in [-0.2, -0.15) is 8.42 Å². The summed E-state index contributed by atoms with van der Waals surface area (Å²) in [6.07, 6.45) is 16.9. The molecule has 3 nitrogen and oxygen atoms in total. The molecule has 1 aromatic carbocycles. The molecule has 0 heterocycles. The molecule has 3 aliphatic rings. The first-order valence-corrected chi connectivity index (χ1v) is 16.5. The number of fused-ring (bicyclic) bond motifs is 1. The standard InChI is InChI=1S/C34H50O3S/c1-24(2)9-7-10-27(5)32-20-21-33-28(11-8-22-34(32,33)6)15-16-29-23-30(17-14-26(29)4)37-38(35,36)31-18-12-25(3)13-19-31/h12-13,15-16,18-19,24,27,30,32-33H,4,7-11,14,17,20-23H2,1-3,5-6H3/b28-15+,29-16-/t27-,30+,32-,33+,34-/m1/s1. The molecule has 4 heteroatoms. The van der Waals surface area contributed by atoms with Gasteiger partial charge in [0.05, 0.1) is 11.0 Å². The third-order valence-corrected chi connectivity index (χ3v) is 11.3. The van der Waals surface area contributed by atoms with Gasteiger partial charge in [-0.25, -0.2) is 0 Å². The lowest BCUT2D eigenvalue weighted by atomic mass is 9.60. The summed E-state index contributed by atoms with van der Waals surface area (Å²) in [5, 5.41) is 0. The Kier molecular flexibility index (Phi) is 9.46. The molecule has 0 aliphatic heterocycles. The number of rotatable bonds is 9. The maximum atomic E-state index is 12.9. The highest BCUT2D eigenvalue weighted by atomic mass is 32.2. The van der Waals surface area contributed by atoms with E-state index in [4.69, 9.17) is 4.18 Å². The lowest BCUT2D eigenvalue weighted by molar-refractivity contribution is 0.0929. The number of hydrogen-bond acceptors (Lipinski definition) is 3. The Morgan fingerprint density at radius 2 is 1.79 bits per heavy atom. The predicted octanol–water partition coefficient (Wildman–Crippen LogP) is 9.34. The van der Waals surface area contributed by atoms with Crippen LogP contribution in [0.1, 0.15) is 104 Å². The van der Waals surface area contributed by atoms with E-state index in [1.165, 1.54) is 51.4 Å². The topological polar surface area (TPSA) is 43.4 Å². The van der Waals surface area contributed by atoms with Gasteiger partial charge in [-0.15, -0.1) is 0 Å². The minimum Gasteiger partial charge on any atom is -0.263 e. The van der Waals surface area contributed by atoms with Crippen LogP contribution < -0.4 is 0 Å². The molecule has 4 rings (SSSR count). The van der Waals surface area contributed by atoms with Crippen LogP contribution in [-0.2, 0) is 14.3 Å². The van der Waals surface area contributed by atoms with Gasteiger partial charge in [0, 0.05) is 6.42 Å². The summed E-state index contributed by atoms with van der Waals surface area (Å²) in [6.45, 7) is 16.0. The van der Waals surface area contributed by atoms with Gasteiger partial charge in [-0.3, -0.25) is 4.18 Å². The maximum Gasteiger partial charge on any atom is 0.297 e. The second-order valence-corrected chi connectivity index (χ2v) is 14.7. The molecule has 3 aliphatic carbocycles. The molecule has 3 fully saturated rings. The first-order valence-electron chi connectivity index (χ1n) is 15.1. The van der Waals surface area contributed by atoms with E-state index in [0.717, 1.165) is 40.9 Å². The third kappa shape index (κ3) is 6.73. The molecule has 3 saturated carbocycles. The molecule has 38 heavy (non-hydrogen) atoms. The van der Waals surface area contributed by atoms with Gasteiger partial charge < -0.3 is 0 Å². The second-order valence-electron chi connectivity index (χ2n) is 13.2. The van der Waals surface area contributed by atoms with Gasteiger partial charge in [-0.05, 0) is 98.7 Å². The number of hydrogen-bond donors (Lipinski definition) is 0. The third-order valence-electron chi connectivity index (χ3n) is 9.91. The van der Waals surface area contributed by atoms with Crippen LogP contribution in [-0.4, -0.2) is 14.5 Å². The zero-order valence-corrected chi connectivity index (χ0v) is 25.3. The van der Waals surface area contributed by atoms with E-state index >= 15 is 0 Å². The summed E-state index contributed by atoms with van der Waals surface area (Å²) in [5.74, 6) is 3.10. The van der Waals surface area contributed by atoms with Crippen LogP contribution in [0.2, 0.25) is 0 Å². The van der Waals surface area contributed by atoms with Crippen LogP contribution in [0.15, 0.2) is 64.6 Å². The minimum absolute atomic E-state index is 0.232. The van der Waals surface area contributed by atoms with Crippen molar-refractivity contribution < 1.29 is 12.6 Å². The summed E-state index contributed by atoms with van der Waals surface area (Å²) in [6, 6.07) is 6.89. The molecule has 5 atom stereocenters. The van der Waals surface area contributed by atoms with Gasteiger partial charge in [-0.1, -0.05) is 94.5 Å². The molecular formula is C34H50O3S. The van der Waals surface area contributed by atoms with E-state index in [0.29, 0.717) is 24.2 Å². The number of benzene rings is 1. The van der Waals surface area contributed by atoms with Crippen molar-refractivity contribution in [2.75, 3.05) is 0 Å². The van der Waals surface area contributed by atoms with Crippen molar-refractivity contribution in [1.82, 2.24) is 0 Å². The fourth-order valence-electron chi connectivity index (χ4n) is 7.67. The smallest absolute Gasteiger partial charge is 0.263 e. The summed E-state index contributed by atoms with van der Waals surface area (Å²) in [7, 11) is -3.77. The first-order chi connectivity index (χ1) is 18.0. The van der Waals surface area contributed by atoms with Gasteiger partial charge in [0.1, 0.15) is 0 Å². The van der Waals surface area contributed by atoms with Crippen molar-refractivity contribution >= 4 is 10.1 Å². The van der Waals surface area contributed by atoms with Crippen LogP contribution >= 0.6 is 0 Å². The Labute approximate surface area is 233 Å². The monoisotopic (exact) mass is 538 g/mol. The Bertz CT molecular complexity index is 1140. The molecule has 0 unspecified atom stereocenters. The molecule has 0 bridgehead atoms. The highest BCUT2D eigenvalue weighted by Gasteiger charge is 2.50. The molecule has 210 valence electrons. The van der Waals surface area contributed by atoms with E-state index in [9.17, 15) is 8.42 Å². The fourth-order valence-corrected chi connectivity index (χ4v) is 8.77. The van der Waals surface area contributed by atoms with E-state index in [2.05, 4.69) is 46.4 Å². The Morgan fingerprint density at radius 1 is 1.05 bits per heavy atom. The number of aryl methyl sites for hydroxylation is 1. The average molecular weight is 539 g/mol. The SMILES string of the molecule is C=C1CC[C@H](OS(=O)(=O)c2ccc(C)cc2)C/C1=C/C=C1\CCC[C@]2(C)[C@@H]([C@H](C)CCCC(C)C)CC[C@@H]12. The van der Waals surface area contributed by atoms with Crippen LogP contribution in [0, 0.1) is 36.0 Å². The Hall–Kier alpha value is -1.65. The van der Waals surface area contributed by atoms with Gasteiger partial charge in [0.15, 0.2) is 0 Å². The van der Waals surface area contributed by atoms with Crippen LogP contribution in [0.5, 0.6) is 0 Å². The van der Waals surface area contributed by atoms with Crippen LogP contribution in [0.25, 0.3) is 0 Å². The Balaban J connectivity index is 1.44. The highest BCUT2D eigenvalue weighted by molar-refractivity contribution is 7.86. The molecule has 0 amide bonds. The molecular weight excluding hydrogens is 488 g/mol. The van der Waals surface area contributed by atoms with Crippen molar-refractivity contribution in [3.63, 3.8) is 0 Å². The van der Waals surface area contributed by atoms with Gasteiger partial charge in [0.2, 0.25) is 0 Å². The van der Waals surface area contributed by atoms with Gasteiger partial charge in [0.25, 0.3) is 10.1 Å².